The molecule has 122 valence electrons. The van der Waals surface area contributed by atoms with E-state index in [-0.39, 0.29) is 17.9 Å². The van der Waals surface area contributed by atoms with Crippen molar-refractivity contribution in [3.05, 3.63) is 17.5 Å². The van der Waals surface area contributed by atoms with E-state index in [2.05, 4.69) is 17.3 Å². The predicted octanol–water partition coefficient (Wildman–Crippen LogP) is 2.36. The second kappa shape index (κ2) is 7.42. The van der Waals surface area contributed by atoms with Crippen LogP contribution in [0.2, 0.25) is 0 Å². The van der Waals surface area contributed by atoms with Gasteiger partial charge >= 0.3 is 5.97 Å². The number of hydrogen-bond donors (Lipinski definition) is 2. The second-order valence-corrected chi connectivity index (χ2v) is 6.11. The summed E-state index contributed by atoms with van der Waals surface area (Å²) in [5, 5.41) is 16.4. The van der Waals surface area contributed by atoms with E-state index in [4.69, 9.17) is 5.11 Å². The Labute approximate surface area is 130 Å². The number of carboxylic acids is 1. The number of hydrogen-bond acceptors (Lipinski definition) is 3. The molecule has 1 aromatic heterocycles. The Morgan fingerprint density at radius 2 is 2.05 bits per heavy atom. The fraction of sp³-hybridized carbons (Fsp3) is 0.688. The van der Waals surface area contributed by atoms with Crippen molar-refractivity contribution < 1.29 is 14.7 Å². The molecule has 1 aromatic rings. The summed E-state index contributed by atoms with van der Waals surface area (Å²) in [6.45, 7) is 4.80. The topological polar surface area (TPSA) is 84.2 Å². The Bertz CT molecular complexity index is 531. The largest absolute Gasteiger partial charge is 0.481 e. The average Bonchev–Trinajstić information content (AvgIpc) is 2.86. The van der Waals surface area contributed by atoms with Crippen molar-refractivity contribution in [3.63, 3.8) is 0 Å². The molecule has 0 unspecified atom stereocenters. The maximum absolute atomic E-state index is 12.4. The quantitative estimate of drug-likeness (QED) is 0.845. The van der Waals surface area contributed by atoms with Gasteiger partial charge in [0, 0.05) is 18.8 Å². The van der Waals surface area contributed by atoms with Gasteiger partial charge in [0.1, 0.15) is 0 Å². The molecule has 2 rings (SSSR count). The number of aliphatic carboxylic acids is 1. The van der Waals surface area contributed by atoms with E-state index in [0.717, 1.165) is 37.9 Å². The first-order valence-electron chi connectivity index (χ1n) is 8.09. The summed E-state index contributed by atoms with van der Waals surface area (Å²) >= 11 is 0. The molecule has 1 saturated carbocycles. The molecule has 1 amide bonds. The molecule has 0 bridgehead atoms. The Morgan fingerprint density at radius 3 is 2.64 bits per heavy atom. The van der Waals surface area contributed by atoms with Crippen LogP contribution in [0.3, 0.4) is 0 Å². The van der Waals surface area contributed by atoms with E-state index in [0.29, 0.717) is 18.4 Å². The van der Waals surface area contributed by atoms with E-state index in [1.165, 1.54) is 0 Å². The van der Waals surface area contributed by atoms with Crippen LogP contribution < -0.4 is 5.32 Å². The molecular formula is C16H25N3O3. The first kappa shape index (κ1) is 16.5. The maximum Gasteiger partial charge on any atom is 0.306 e. The molecule has 2 N–H and O–H groups in total. The maximum atomic E-state index is 12.4. The van der Waals surface area contributed by atoms with Crippen molar-refractivity contribution in [2.75, 3.05) is 0 Å². The Balaban J connectivity index is 1.90. The van der Waals surface area contributed by atoms with Crippen molar-refractivity contribution in [2.24, 2.45) is 5.92 Å². The van der Waals surface area contributed by atoms with Crippen LogP contribution in [0.4, 0.5) is 0 Å². The molecule has 1 heterocycles. The zero-order chi connectivity index (χ0) is 16.1. The van der Waals surface area contributed by atoms with E-state index in [9.17, 15) is 9.59 Å². The highest BCUT2D eigenvalue weighted by atomic mass is 16.4. The highest BCUT2D eigenvalue weighted by molar-refractivity contribution is 5.95. The number of amides is 1. The number of unbranched alkanes of at least 4 members (excludes halogenated alkanes) is 1. The van der Waals surface area contributed by atoms with Gasteiger partial charge in [0.05, 0.1) is 17.2 Å². The fourth-order valence-electron chi connectivity index (χ4n) is 2.92. The van der Waals surface area contributed by atoms with Gasteiger partial charge in [-0.2, -0.15) is 5.10 Å². The summed E-state index contributed by atoms with van der Waals surface area (Å²) in [7, 11) is 0. The van der Waals surface area contributed by atoms with Crippen LogP contribution in [0.5, 0.6) is 0 Å². The van der Waals surface area contributed by atoms with E-state index >= 15 is 0 Å². The van der Waals surface area contributed by atoms with Gasteiger partial charge in [-0.1, -0.05) is 13.3 Å². The highest BCUT2D eigenvalue weighted by Crippen LogP contribution is 2.24. The summed E-state index contributed by atoms with van der Waals surface area (Å²) < 4.78 is 1.83. The van der Waals surface area contributed by atoms with Crippen LogP contribution in [0.15, 0.2) is 6.20 Å². The highest BCUT2D eigenvalue weighted by Gasteiger charge is 2.27. The zero-order valence-corrected chi connectivity index (χ0v) is 13.3. The number of carbonyl (C=O) groups is 2. The van der Waals surface area contributed by atoms with Crippen LogP contribution in [0.25, 0.3) is 0 Å². The zero-order valence-electron chi connectivity index (χ0n) is 13.3. The van der Waals surface area contributed by atoms with Gasteiger partial charge in [-0.15, -0.1) is 0 Å². The van der Waals surface area contributed by atoms with Crippen molar-refractivity contribution in [1.82, 2.24) is 15.1 Å². The number of nitrogens with zero attached hydrogens (tertiary/aromatic N) is 2. The first-order valence-corrected chi connectivity index (χ1v) is 8.09. The normalized spacial score (nSPS) is 21.5. The van der Waals surface area contributed by atoms with Gasteiger partial charge in [-0.3, -0.25) is 14.3 Å². The lowest BCUT2D eigenvalue weighted by Crippen LogP contribution is -2.38. The number of aromatic nitrogens is 2. The van der Waals surface area contributed by atoms with Crippen molar-refractivity contribution in [1.29, 1.82) is 0 Å². The van der Waals surface area contributed by atoms with Gasteiger partial charge in [0.2, 0.25) is 0 Å². The minimum atomic E-state index is -0.724. The number of nitrogens with one attached hydrogen (secondary N) is 1. The lowest BCUT2D eigenvalue weighted by molar-refractivity contribution is -0.142. The van der Waals surface area contributed by atoms with Crippen molar-refractivity contribution in [2.45, 2.75) is 65.0 Å². The second-order valence-electron chi connectivity index (χ2n) is 6.11. The third-order valence-corrected chi connectivity index (χ3v) is 4.34. The summed E-state index contributed by atoms with van der Waals surface area (Å²) in [4.78, 5) is 23.3. The Morgan fingerprint density at radius 1 is 1.36 bits per heavy atom. The van der Waals surface area contributed by atoms with E-state index in [1.807, 2.05) is 17.8 Å². The number of aryl methyl sites for hydroxylation is 2. The first-order chi connectivity index (χ1) is 10.5. The molecule has 1 fully saturated rings. The predicted molar refractivity (Wildman–Crippen MR) is 82.7 cm³/mol. The number of carbonyl (C=O) groups excluding carboxylic acids is 1. The Hall–Kier alpha value is -1.85. The molecular weight excluding hydrogens is 282 g/mol. The minimum Gasteiger partial charge on any atom is -0.481 e. The average molecular weight is 307 g/mol. The SMILES string of the molecule is CCCCn1cc(C(=O)NC2CCC(C(=O)O)CC2)c(C)n1. The Kier molecular flexibility index (Phi) is 5.57. The molecule has 22 heavy (non-hydrogen) atoms. The fourth-order valence-corrected chi connectivity index (χ4v) is 2.92. The summed E-state index contributed by atoms with van der Waals surface area (Å²) in [6.07, 6.45) is 6.67. The molecule has 6 heteroatoms. The van der Waals surface area contributed by atoms with E-state index in [1.54, 1.807) is 0 Å². The molecule has 0 radical (unpaired) electrons. The smallest absolute Gasteiger partial charge is 0.306 e. The third-order valence-electron chi connectivity index (χ3n) is 4.34. The van der Waals surface area contributed by atoms with Gasteiger partial charge in [0.15, 0.2) is 0 Å². The molecule has 1 aliphatic carbocycles. The van der Waals surface area contributed by atoms with Crippen molar-refractivity contribution >= 4 is 11.9 Å². The minimum absolute atomic E-state index is 0.0708. The van der Waals surface area contributed by atoms with Crippen LogP contribution >= 0.6 is 0 Å². The summed E-state index contributed by atoms with van der Waals surface area (Å²) in [5.41, 5.74) is 1.37. The lowest BCUT2D eigenvalue weighted by atomic mass is 9.86. The van der Waals surface area contributed by atoms with E-state index < -0.39 is 5.97 Å². The molecule has 0 saturated heterocycles. The molecule has 1 aliphatic rings. The lowest BCUT2D eigenvalue weighted by Gasteiger charge is -2.26. The van der Waals surface area contributed by atoms with Crippen LogP contribution in [0.1, 0.15) is 61.5 Å². The standard InChI is InChI=1S/C16H25N3O3/c1-3-4-9-19-10-14(11(2)18-19)15(20)17-13-7-5-12(6-8-13)16(21)22/h10,12-13H,3-9H2,1-2H3,(H,17,20)(H,21,22). The summed E-state index contributed by atoms with van der Waals surface area (Å²) in [6, 6.07) is 0.0708. The van der Waals surface area contributed by atoms with Crippen LogP contribution in [0, 0.1) is 12.8 Å². The molecule has 6 nitrogen and oxygen atoms in total. The molecule has 0 atom stereocenters. The van der Waals surface area contributed by atoms with Crippen LogP contribution in [-0.2, 0) is 11.3 Å². The number of carboxylic acid groups (broad SMARTS) is 1. The molecule has 0 spiro atoms. The monoisotopic (exact) mass is 307 g/mol. The van der Waals surface area contributed by atoms with Crippen molar-refractivity contribution in [3.8, 4) is 0 Å². The molecule has 0 aromatic carbocycles. The van der Waals surface area contributed by atoms with Crippen LogP contribution in [-0.4, -0.2) is 32.8 Å². The molecule has 0 aliphatic heterocycles. The van der Waals surface area contributed by atoms with Gasteiger partial charge in [0.25, 0.3) is 5.91 Å². The summed E-state index contributed by atoms with van der Waals surface area (Å²) in [5.74, 6) is -1.08. The van der Waals surface area contributed by atoms with Gasteiger partial charge in [-0.25, -0.2) is 0 Å². The number of rotatable bonds is 6. The third kappa shape index (κ3) is 4.08. The van der Waals surface area contributed by atoms with Gasteiger partial charge in [-0.05, 0) is 39.0 Å². The van der Waals surface area contributed by atoms with Gasteiger partial charge < -0.3 is 10.4 Å².